The number of alkyl carbamates (subject to hydrolysis) is 1. The van der Waals surface area contributed by atoms with Gasteiger partial charge in [-0.3, -0.25) is 9.59 Å². The zero-order valence-corrected chi connectivity index (χ0v) is 23.6. The lowest BCUT2D eigenvalue weighted by Gasteiger charge is -2.38. The Bertz CT molecular complexity index is 878. The van der Waals surface area contributed by atoms with E-state index in [4.69, 9.17) is 4.74 Å². The lowest BCUT2D eigenvalue weighted by molar-refractivity contribution is -0.145. The Morgan fingerprint density at radius 3 is 2.28 bits per heavy atom. The van der Waals surface area contributed by atoms with Crippen molar-refractivity contribution < 1.29 is 24.2 Å². The lowest BCUT2D eigenvalue weighted by atomic mass is 9.95. The van der Waals surface area contributed by atoms with Gasteiger partial charge in [-0.05, 0) is 72.3 Å². The molecule has 8 nitrogen and oxygen atoms in total. The fraction of sp³-hybridized carbons (Fsp3) is 0.679. The van der Waals surface area contributed by atoms with Crippen LogP contribution in [0.2, 0.25) is 0 Å². The first-order chi connectivity index (χ1) is 16.7. The molecule has 204 valence electrons. The van der Waals surface area contributed by atoms with Crippen LogP contribution in [0.5, 0.6) is 5.75 Å². The smallest absolute Gasteiger partial charge is 0.408 e. The Hall–Kier alpha value is -2.77. The van der Waals surface area contributed by atoms with Crippen LogP contribution >= 0.6 is 0 Å². The molecule has 0 aliphatic heterocycles. The van der Waals surface area contributed by atoms with Gasteiger partial charge in [0, 0.05) is 18.2 Å². The van der Waals surface area contributed by atoms with Crippen LogP contribution in [0.15, 0.2) is 18.2 Å². The van der Waals surface area contributed by atoms with Crippen LogP contribution in [-0.4, -0.2) is 52.1 Å². The second-order valence-electron chi connectivity index (χ2n) is 11.0. The van der Waals surface area contributed by atoms with E-state index >= 15 is 0 Å². The predicted molar refractivity (Wildman–Crippen MR) is 143 cm³/mol. The van der Waals surface area contributed by atoms with Gasteiger partial charge in [-0.25, -0.2) is 4.79 Å². The van der Waals surface area contributed by atoms with Crippen LogP contribution in [0.1, 0.15) is 98.2 Å². The van der Waals surface area contributed by atoms with Crippen LogP contribution in [0, 0.1) is 12.8 Å². The fourth-order valence-electron chi connectivity index (χ4n) is 3.89. The van der Waals surface area contributed by atoms with Gasteiger partial charge in [0.1, 0.15) is 23.4 Å². The monoisotopic (exact) mass is 505 g/mol. The molecule has 0 saturated heterocycles. The topological polar surface area (TPSA) is 108 Å². The summed E-state index contributed by atoms with van der Waals surface area (Å²) in [4.78, 5) is 41.4. The largest absolute Gasteiger partial charge is 0.507 e. The Kier molecular flexibility index (Phi) is 12.2. The number of benzene rings is 1. The average Bonchev–Trinajstić information content (AvgIpc) is 2.76. The number of rotatable bonds is 12. The molecule has 3 atom stereocenters. The molecule has 0 fully saturated rings. The molecule has 0 spiro atoms. The highest BCUT2D eigenvalue weighted by Crippen LogP contribution is 2.34. The Morgan fingerprint density at radius 2 is 1.72 bits per heavy atom. The van der Waals surface area contributed by atoms with Crippen molar-refractivity contribution >= 4 is 17.9 Å². The number of phenolic OH excluding ortho intramolecular Hbond substituents is 1. The number of carbonyl (C=O) groups excluding carboxylic acids is 3. The van der Waals surface area contributed by atoms with Gasteiger partial charge in [-0.15, -0.1) is 0 Å². The molecule has 0 radical (unpaired) electrons. The molecule has 36 heavy (non-hydrogen) atoms. The second kappa shape index (κ2) is 14.1. The number of hydrogen-bond acceptors (Lipinski definition) is 5. The maximum absolute atomic E-state index is 13.9. The summed E-state index contributed by atoms with van der Waals surface area (Å²) in [5.41, 5.74) is 0.255. The fourth-order valence-corrected chi connectivity index (χ4v) is 3.89. The molecule has 1 aromatic rings. The Morgan fingerprint density at radius 1 is 1.08 bits per heavy atom. The van der Waals surface area contributed by atoms with Crippen LogP contribution in [0.3, 0.4) is 0 Å². The minimum atomic E-state index is -1.06. The normalized spacial score (nSPS) is 14.1. The SMILES string of the molecule is CCCCNC(=O)C(c1cccc(C)c1O)N(C(=O)C(C)NC(=O)OC(C)(C)C)C(C)CCC(C)C. The Balaban J connectivity index is 3.49. The number of phenols is 1. The number of carbonyl (C=O) groups is 3. The maximum atomic E-state index is 13.9. The van der Waals surface area contributed by atoms with Crippen molar-refractivity contribution in [3.8, 4) is 5.75 Å². The van der Waals surface area contributed by atoms with E-state index < -0.39 is 29.7 Å². The van der Waals surface area contributed by atoms with Crippen molar-refractivity contribution in [1.82, 2.24) is 15.5 Å². The first-order valence-electron chi connectivity index (χ1n) is 13.1. The van der Waals surface area contributed by atoms with Gasteiger partial charge in [0.05, 0.1) is 0 Å². The quantitative estimate of drug-likeness (QED) is 0.337. The third kappa shape index (κ3) is 9.70. The van der Waals surface area contributed by atoms with Crippen molar-refractivity contribution in [2.75, 3.05) is 6.54 Å². The van der Waals surface area contributed by atoms with Crippen molar-refractivity contribution in [2.45, 2.75) is 112 Å². The summed E-state index contributed by atoms with van der Waals surface area (Å²) >= 11 is 0. The number of para-hydroxylation sites is 1. The minimum absolute atomic E-state index is 0.0187. The number of nitrogens with zero attached hydrogens (tertiary/aromatic N) is 1. The summed E-state index contributed by atoms with van der Waals surface area (Å²) in [6.45, 7) is 17.2. The molecule has 0 aliphatic carbocycles. The van der Waals surface area contributed by atoms with Crippen LogP contribution < -0.4 is 10.6 Å². The van der Waals surface area contributed by atoms with Crippen LogP contribution in [0.25, 0.3) is 0 Å². The maximum Gasteiger partial charge on any atom is 0.408 e. The number of unbranched alkanes of at least 4 members (excludes halogenated alkanes) is 1. The molecule has 0 saturated carbocycles. The zero-order valence-electron chi connectivity index (χ0n) is 23.6. The van der Waals surface area contributed by atoms with Gasteiger partial charge in [0.25, 0.3) is 0 Å². The lowest BCUT2D eigenvalue weighted by Crippen LogP contribution is -2.54. The number of hydrogen-bond donors (Lipinski definition) is 3. The van der Waals surface area contributed by atoms with Gasteiger partial charge < -0.3 is 25.4 Å². The molecule has 0 heterocycles. The molecule has 1 rings (SSSR count). The minimum Gasteiger partial charge on any atom is -0.507 e. The van der Waals surface area contributed by atoms with E-state index in [0.717, 1.165) is 19.3 Å². The molecule has 1 aromatic carbocycles. The Labute approximate surface area is 217 Å². The summed E-state index contributed by atoms with van der Waals surface area (Å²) in [5, 5.41) is 16.5. The number of ether oxygens (including phenoxy) is 1. The zero-order chi connectivity index (χ0) is 27.6. The van der Waals surface area contributed by atoms with E-state index in [2.05, 4.69) is 24.5 Å². The van der Waals surface area contributed by atoms with Crippen LogP contribution in [-0.2, 0) is 14.3 Å². The molecule has 0 aliphatic rings. The van der Waals surface area contributed by atoms with Crippen molar-refractivity contribution in [1.29, 1.82) is 0 Å². The third-order valence-corrected chi connectivity index (χ3v) is 5.91. The van der Waals surface area contributed by atoms with Gasteiger partial charge >= 0.3 is 6.09 Å². The van der Waals surface area contributed by atoms with Gasteiger partial charge in [0.2, 0.25) is 11.8 Å². The molecule has 0 aromatic heterocycles. The number of nitrogens with one attached hydrogen (secondary N) is 2. The summed E-state index contributed by atoms with van der Waals surface area (Å²) in [6.07, 6.45) is 2.51. The highest BCUT2D eigenvalue weighted by atomic mass is 16.6. The summed E-state index contributed by atoms with van der Waals surface area (Å²) < 4.78 is 5.33. The molecule has 3 N–H and O–H groups in total. The van der Waals surface area contributed by atoms with Gasteiger partial charge in [-0.1, -0.05) is 45.4 Å². The van der Waals surface area contributed by atoms with E-state index in [-0.39, 0.29) is 17.7 Å². The molecule has 0 bridgehead atoms. The van der Waals surface area contributed by atoms with E-state index in [1.165, 1.54) is 4.90 Å². The summed E-state index contributed by atoms with van der Waals surface area (Å²) in [5.74, 6) is -0.395. The van der Waals surface area contributed by atoms with E-state index in [1.54, 1.807) is 52.8 Å². The molecule has 8 heteroatoms. The van der Waals surface area contributed by atoms with Gasteiger partial charge in [0.15, 0.2) is 0 Å². The predicted octanol–water partition coefficient (Wildman–Crippen LogP) is 5.22. The highest BCUT2D eigenvalue weighted by molar-refractivity contribution is 5.92. The number of amides is 3. The molecule has 3 unspecified atom stereocenters. The molecular weight excluding hydrogens is 458 g/mol. The van der Waals surface area contributed by atoms with Crippen molar-refractivity contribution in [3.63, 3.8) is 0 Å². The number of aromatic hydroxyl groups is 1. The third-order valence-electron chi connectivity index (χ3n) is 5.91. The molecule has 3 amide bonds. The van der Waals surface area contributed by atoms with Gasteiger partial charge in [-0.2, -0.15) is 0 Å². The second-order valence-corrected chi connectivity index (χ2v) is 11.0. The van der Waals surface area contributed by atoms with E-state index in [9.17, 15) is 19.5 Å². The number of aryl methyl sites for hydroxylation is 1. The average molecular weight is 506 g/mol. The highest BCUT2D eigenvalue weighted by Gasteiger charge is 2.38. The standard InChI is InChI=1S/C28H47N3O5/c1-10-11-17-29-25(33)23(22-14-12-13-19(4)24(22)32)31(20(5)16-15-18(2)3)26(34)21(6)30-27(35)36-28(7,8)9/h12-14,18,20-21,23,32H,10-11,15-17H2,1-9H3,(H,29,33)(H,30,35). The summed E-state index contributed by atoms with van der Waals surface area (Å²) in [7, 11) is 0. The van der Waals surface area contributed by atoms with E-state index in [0.29, 0.717) is 30.0 Å². The van der Waals surface area contributed by atoms with Crippen molar-refractivity contribution in [3.05, 3.63) is 29.3 Å². The first kappa shape index (κ1) is 31.3. The van der Waals surface area contributed by atoms with Crippen molar-refractivity contribution in [2.24, 2.45) is 5.92 Å². The first-order valence-corrected chi connectivity index (χ1v) is 13.1. The molecular formula is C28H47N3O5. The van der Waals surface area contributed by atoms with Crippen LogP contribution in [0.4, 0.5) is 4.79 Å². The van der Waals surface area contributed by atoms with E-state index in [1.807, 2.05) is 13.8 Å². The summed E-state index contributed by atoms with van der Waals surface area (Å²) in [6, 6.07) is 2.86.